The lowest BCUT2D eigenvalue weighted by Gasteiger charge is -2.33. The molecule has 3 aliphatic rings. The Morgan fingerprint density at radius 3 is 2.50 bits per heavy atom. The van der Waals surface area contributed by atoms with Crippen LogP contribution in [-0.2, 0) is 15.2 Å². The fourth-order valence-corrected chi connectivity index (χ4v) is 6.37. The molecule has 2 saturated heterocycles. The molecule has 1 aliphatic carbocycles. The third-order valence-electron chi connectivity index (χ3n) is 6.77. The first-order valence-corrected chi connectivity index (χ1v) is 12.5. The molecule has 1 aromatic carbocycles. The molecule has 0 radical (unpaired) electrons. The first kappa shape index (κ1) is 20.4. The quantitative estimate of drug-likeness (QED) is 0.652. The van der Waals surface area contributed by atoms with Crippen LogP contribution in [0, 0.1) is 5.92 Å². The molecule has 0 N–H and O–H groups in total. The van der Waals surface area contributed by atoms with Crippen molar-refractivity contribution in [3.63, 3.8) is 0 Å². The second-order valence-corrected chi connectivity index (χ2v) is 10.0. The number of piperidine rings is 1. The van der Waals surface area contributed by atoms with Crippen LogP contribution in [0.1, 0.15) is 61.1 Å². The molecule has 1 amide bonds. The van der Waals surface area contributed by atoms with Gasteiger partial charge in [0.25, 0.3) is 5.91 Å². The maximum atomic E-state index is 13.4. The Kier molecular flexibility index (Phi) is 6.34. The third kappa shape index (κ3) is 4.27. The monoisotopic (exact) mass is 429 g/mol. The van der Waals surface area contributed by atoms with E-state index in [1.807, 2.05) is 34.9 Å². The van der Waals surface area contributed by atoms with E-state index in [2.05, 4.69) is 6.07 Å². The van der Waals surface area contributed by atoms with Crippen molar-refractivity contribution in [2.75, 3.05) is 26.3 Å². The van der Waals surface area contributed by atoms with E-state index in [1.54, 1.807) is 0 Å². The fraction of sp³-hybridized carbons (Fsp3) is 0.625. The smallest absolute Gasteiger partial charge is 0.289 e. The maximum Gasteiger partial charge on any atom is 0.289 e. The Bertz CT molecular complexity index is 861. The predicted molar refractivity (Wildman–Crippen MR) is 119 cm³/mol. The lowest BCUT2D eigenvalue weighted by molar-refractivity contribution is -0.0956. The number of para-hydroxylation sites is 1. The van der Waals surface area contributed by atoms with Crippen molar-refractivity contribution >= 4 is 28.6 Å². The van der Waals surface area contributed by atoms with Gasteiger partial charge in [0.2, 0.25) is 0 Å². The van der Waals surface area contributed by atoms with Gasteiger partial charge in [-0.3, -0.25) is 4.79 Å². The molecule has 1 saturated carbocycles. The van der Waals surface area contributed by atoms with E-state index in [4.69, 9.17) is 13.9 Å². The van der Waals surface area contributed by atoms with Gasteiger partial charge in [-0.15, -0.1) is 0 Å². The summed E-state index contributed by atoms with van der Waals surface area (Å²) in [5, 5.41) is 1.80. The lowest BCUT2D eigenvalue weighted by Crippen LogP contribution is -2.41. The van der Waals surface area contributed by atoms with E-state index in [-0.39, 0.29) is 12.2 Å². The van der Waals surface area contributed by atoms with Crippen molar-refractivity contribution in [3.05, 3.63) is 35.6 Å². The van der Waals surface area contributed by atoms with Crippen LogP contribution in [0.4, 0.5) is 0 Å². The Balaban J connectivity index is 1.31. The van der Waals surface area contributed by atoms with E-state index in [0.717, 1.165) is 48.2 Å². The number of carbonyl (C=O) groups is 1. The van der Waals surface area contributed by atoms with Crippen LogP contribution in [0.2, 0.25) is 0 Å². The average Bonchev–Trinajstić information content (AvgIpc) is 3.46. The molecule has 0 bridgehead atoms. The summed E-state index contributed by atoms with van der Waals surface area (Å²) in [4.78, 5) is 15.4. The summed E-state index contributed by atoms with van der Waals surface area (Å²) in [5.74, 6) is 1.82. The Labute approximate surface area is 182 Å². The average molecular weight is 430 g/mol. The number of rotatable bonds is 5. The largest absolute Gasteiger partial charge is 0.451 e. The zero-order valence-electron chi connectivity index (χ0n) is 17.5. The predicted octanol–water partition coefficient (Wildman–Crippen LogP) is 5.22. The van der Waals surface area contributed by atoms with Gasteiger partial charge < -0.3 is 18.8 Å². The normalized spacial score (nSPS) is 22.2. The van der Waals surface area contributed by atoms with Crippen LogP contribution < -0.4 is 0 Å². The molecule has 6 heteroatoms. The van der Waals surface area contributed by atoms with Gasteiger partial charge in [0.15, 0.2) is 12.1 Å². The number of furan rings is 1. The lowest BCUT2D eigenvalue weighted by atomic mass is 9.96. The van der Waals surface area contributed by atoms with E-state index in [9.17, 15) is 4.79 Å². The van der Waals surface area contributed by atoms with Crippen LogP contribution in [0.15, 0.2) is 28.7 Å². The minimum absolute atomic E-state index is 0.0390. The number of carbonyl (C=O) groups excluding carboxylic acids is 1. The zero-order chi connectivity index (χ0) is 20.3. The summed E-state index contributed by atoms with van der Waals surface area (Å²) in [5.41, 5.74) is 1.90. The number of fused-ring (bicyclic) bond motifs is 1. The Morgan fingerprint density at radius 1 is 1.00 bits per heavy atom. The number of ether oxygens (including phenoxy) is 2. The SMILES string of the molecule is O=C(c1oc2ccccc2c1CSC1CCCCC1)N1CCC(C2OCCO2)CC1. The molecule has 0 atom stereocenters. The maximum absolute atomic E-state index is 13.4. The van der Waals surface area contributed by atoms with E-state index in [1.165, 1.54) is 32.1 Å². The molecule has 3 heterocycles. The minimum atomic E-state index is -0.0871. The minimum Gasteiger partial charge on any atom is -0.451 e. The van der Waals surface area contributed by atoms with Crippen molar-refractivity contribution in [3.8, 4) is 0 Å². The third-order valence-corrected chi connectivity index (χ3v) is 8.17. The summed E-state index contributed by atoms with van der Waals surface area (Å²) < 4.78 is 17.5. The highest BCUT2D eigenvalue weighted by molar-refractivity contribution is 7.99. The molecule has 162 valence electrons. The number of likely N-dealkylation sites (tertiary alicyclic amines) is 1. The molecule has 2 aliphatic heterocycles. The molecule has 30 heavy (non-hydrogen) atoms. The molecule has 0 unspecified atom stereocenters. The first-order valence-electron chi connectivity index (χ1n) is 11.4. The van der Waals surface area contributed by atoms with Crippen LogP contribution in [0.5, 0.6) is 0 Å². The number of nitrogens with zero attached hydrogens (tertiary/aromatic N) is 1. The number of benzene rings is 1. The van der Waals surface area contributed by atoms with Gasteiger partial charge in [0.1, 0.15) is 5.58 Å². The standard InChI is InChI=1S/C24H31NO4S/c26-23(25-12-10-17(11-13-25)24-27-14-15-28-24)22-20(16-30-18-6-2-1-3-7-18)19-8-4-5-9-21(19)29-22/h4-5,8-9,17-18,24H,1-3,6-7,10-16H2. The highest BCUT2D eigenvalue weighted by Gasteiger charge is 2.34. The van der Waals surface area contributed by atoms with Crippen LogP contribution in [0.25, 0.3) is 11.0 Å². The highest BCUT2D eigenvalue weighted by Crippen LogP contribution is 2.36. The van der Waals surface area contributed by atoms with Gasteiger partial charge in [-0.25, -0.2) is 0 Å². The molecule has 1 aromatic heterocycles. The topological polar surface area (TPSA) is 51.9 Å². The van der Waals surface area contributed by atoms with Gasteiger partial charge in [0, 0.05) is 41.0 Å². The summed E-state index contributed by atoms with van der Waals surface area (Å²) in [7, 11) is 0. The first-order chi connectivity index (χ1) is 14.8. The number of thioether (sulfide) groups is 1. The van der Waals surface area contributed by atoms with Crippen molar-refractivity contribution in [2.24, 2.45) is 5.92 Å². The zero-order valence-corrected chi connectivity index (χ0v) is 18.3. The van der Waals surface area contributed by atoms with Crippen molar-refractivity contribution in [2.45, 2.75) is 62.2 Å². The Hall–Kier alpha value is -1.50. The van der Waals surface area contributed by atoms with Crippen molar-refractivity contribution < 1.29 is 18.7 Å². The van der Waals surface area contributed by atoms with E-state index >= 15 is 0 Å². The van der Waals surface area contributed by atoms with E-state index in [0.29, 0.717) is 30.1 Å². The Morgan fingerprint density at radius 2 is 1.73 bits per heavy atom. The molecule has 5 rings (SSSR count). The van der Waals surface area contributed by atoms with Gasteiger partial charge in [0.05, 0.1) is 13.2 Å². The summed E-state index contributed by atoms with van der Waals surface area (Å²) in [6, 6.07) is 8.08. The van der Waals surface area contributed by atoms with E-state index < -0.39 is 0 Å². The second-order valence-electron chi connectivity index (χ2n) is 8.72. The highest BCUT2D eigenvalue weighted by atomic mass is 32.2. The number of amides is 1. The number of hydrogen-bond donors (Lipinski definition) is 0. The van der Waals surface area contributed by atoms with Crippen molar-refractivity contribution in [1.82, 2.24) is 4.90 Å². The summed E-state index contributed by atoms with van der Waals surface area (Å²) in [6.07, 6.45) is 8.37. The molecular formula is C24H31NO4S. The molecule has 5 nitrogen and oxygen atoms in total. The summed E-state index contributed by atoms with van der Waals surface area (Å²) in [6.45, 7) is 2.84. The van der Waals surface area contributed by atoms with Crippen molar-refractivity contribution in [1.29, 1.82) is 0 Å². The fourth-order valence-electron chi connectivity index (χ4n) is 5.01. The number of hydrogen-bond acceptors (Lipinski definition) is 5. The van der Waals surface area contributed by atoms with Gasteiger partial charge in [-0.1, -0.05) is 37.5 Å². The van der Waals surface area contributed by atoms with Crippen LogP contribution in [-0.4, -0.2) is 48.7 Å². The van der Waals surface area contributed by atoms with Gasteiger partial charge >= 0.3 is 0 Å². The van der Waals surface area contributed by atoms with Crippen LogP contribution in [0.3, 0.4) is 0 Å². The van der Waals surface area contributed by atoms with Gasteiger partial charge in [-0.05, 0) is 31.7 Å². The summed E-state index contributed by atoms with van der Waals surface area (Å²) >= 11 is 2.00. The van der Waals surface area contributed by atoms with Crippen LogP contribution >= 0.6 is 11.8 Å². The second kappa shape index (κ2) is 9.33. The molecule has 2 aromatic rings. The van der Waals surface area contributed by atoms with Gasteiger partial charge in [-0.2, -0.15) is 11.8 Å². The molecular weight excluding hydrogens is 398 g/mol. The molecule has 0 spiro atoms. The molecule has 3 fully saturated rings.